The van der Waals surface area contributed by atoms with Gasteiger partial charge >= 0.3 is 0 Å². The van der Waals surface area contributed by atoms with E-state index in [4.69, 9.17) is 0 Å². The van der Waals surface area contributed by atoms with Crippen LogP contribution in [0.2, 0.25) is 0 Å². The lowest BCUT2D eigenvalue weighted by molar-refractivity contribution is -0.122. The molecule has 0 spiro atoms. The molecule has 0 unspecified atom stereocenters. The molecule has 2 heterocycles. The lowest BCUT2D eigenvalue weighted by Crippen LogP contribution is -2.50. The number of nitrogens with zero attached hydrogens (tertiary/aromatic N) is 3. The van der Waals surface area contributed by atoms with Crippen molar-refractivity contribution in [2.45, 2.75) is 18.9 Å². The molecule has 0 aromatic carbocycles. The van der Waals surface area contributed by atoms with Crippen molar-refractivity contribution in [2.75, 3.05) is 70.6 Å². The number of amides is 1. The van der Waals surface area contributed by atoms with E-state index >= 15 is 0 Å². The summed E-state index contributed by atoms with van der Waals surface area (Å²) in [6, 6.07) is 0.271. The van der Waals surface area contributed by atoms with Crippen molar-refractivity contribution in [3.63, 3.8) is 0 Å². The number of piperidine rings is 1. The van der Waals surface area contributed by atoms with Gasteiger partial charge in [-0.15, -0.1) is 0 Å². The maximum absolute atomic E-state index is 12.4. The highest BCUT2D eigenvalue weighted by molar-refractivity contribution is 7.99. The molecule has 1 amide bonds. The van der Waals surface area contributed by atoms with Gasteiger partial charge in [-0.1, -0.05) is 0 Å². The lowest BCUT2D eigenvalue weighted by Gasteiger charge is -2.32. The molecule has 0 aromatic rings. The first-order valence-corrected chi connectivity index (χ1v) is 12.2. The van der Waals surface area contributed by atoms with Crippen LogP contribution in [-0.4, -0.2) is 106 Å². The smallest absolute Gasteiger partial charge is 0.233 e. The van der Waals surface area contributed by atoms with E-state index in [9.17, 15) is 13.2 Å². The van der Waals surface area contributed by atoms with Crippen molar-refractivity contribution in [1.82, 2.24) is 25.2 Å². The van der Waals surface area contributed by atoms with E-state index in [1.54, 1.807) is 30.2 Å². The van der Waals surface area contributed by atoms with Gasteiger partial charge < -0.3 is 16.0 Å². The SMILES string of the molecule is CN=C(NCCS(=O)(=O)N1CCSCC1)NC1CCN(CC(=O)NC)CC1. The van der Waals surface area contributed by atoms with Crippen LogP contribution >= 0.6 is 11.8 Å². The minimum Gasteiger partial charge on any atom is -0.358 e. The number of carbonyl (C=O) groups is 1. The highest BCUT2D eigenvalue weighted by atomic mass is 32.2. The summed E-state index contributed by atoms with van der Waals surface area (Å²) in [5, 5.41) is 9.12. The van der Waals surface area contributed by atoms with Gasteiger partial charge in [0.1, 0.15) is 0 Å². The molecule has 3 N–H and O–H groups in total. The van der Waals surface area contributed by atoms with Crippen molar-refractivity contribution < 1.29 is 13.2 Å². The Hall–Kier alpha value is -1.04. The molecular formula is C16H32N6O3S2. The van der Waals surface area contributed by atoms with E-state index in [1.165, 1.54) is 0 Å². The van der Waals surface area contributed by atoms with Crippen LogP contribution < -0.4 is 16.0 Å². The predicted octanol–water partition coefficient (Wildman–Crippen LogP) is -1.26. The molecule has 9 nitrogen and oxygen atoms in total. The van der Waals surface area contributed by atoms with Gasteiger partial charge in [-0.05, 0) is 12.8 Å². The Labute approximate surface area is 166 Å². The molecule has 2 aliphatic rings. The quantitative estimate of drug-likeness (QED) is 0.349. The summed E-state index contributed by atoms with van der Waals surface area (Å²) in [6.45, 7) is 3.68. The number of thioether (sulfide) groups is 1. The maximum atomic E-state index is 12.4. The lowest BCUT2D eigenvalue weighted by atomic mass is 10.1. The molecule has 0 saturated carbocycles. The van der Waals surface area contributed by atoms with E-state index in [0.717, 1.165) is 37.4 Å². The van der Waals surface area contributed by atoms with Crippen LogP contribution in [0.4, 0.5) is 0 Å². The second-order valence-electron chi connectivity index (χ2n) is 6.69. The van der Waals surface area contributed by atoms with Crippen LogP contribution in [0.1, 0.15) is 12.8 Å². The normalized spacial score (nSPS) is 21.0. The molecule has 0 radical (unpaired) electrons. The zero-order valence-electron chi connectivity index (χ0n) is 16.2. The van der Waals surface area contributed by atoms with Gasteiger partial charge in [0.05, 0.1) is 12.3 Å². The fraction of sp³-hybridized carbons (Fsp3) is 0.875. The average molecular weight is 421 g/mol. The van der Waals surface area contributed by atoms with E-state index in [0.29, 0.717) is 32.1 Å². The van der Waals surface area contributed by atoms with Gasteiger partial charge in [0.2, 0.25) is 15.9 Å². The van der Waals surface area contributed by atoms with Gasteiger partial charge in [-0.2, -0.15) is 11.8 Å². The summed E-state index contributed by atoms with van der Waals surface area (Å²) >= 11 is 1.79. The number of aliphatic imine (C=N–C) groups is 1. The van der Waals surface area contributed by atoms with Crippen molar-refractivity contribution in [2.24, 2.45) is 4.99 Å². The Balaban J connectivity index is 1.69. The summed E-state index contributed by atoms with van der Waals surface area (Å²) in [4.78, 5) is 17.8. The van der Waals surface area contributed by atoms with Gasteiger partial charge in [-0.25, -0.2) is 12.7 Å². The zero-order valence-corrected chi connectivity index (χ0v) is 17.9. The standard InChI is InChI=1S/C16H32N6O3S2/c1-17-15(23)13-21-6-3-14(4-7-21)20-16(18-2)19-5-12-27(24,25)22-8-10-26-11-9-22/h14H,3-13H2,1-2H3,(H,17,23)(H2,18,19,20). The van der Waals surface area contributed by atoms with E-state index in [2.05, 4.69) is 25.8 Å². The molecule has 11 heteroatoms. The largest absolute Gasteiger partial charge is 0.358 e. The van der Waals surface area contributed by atoms with Crippen molar-refractivity contribution in [1.29, 1.82) is 0 Å². The fourth-order valence-corrected chi connectivity index (χ4v) is 5.65. The molecule has 0 atom stereocenters. The molecule has 2 saturated heterocycles. The van der Waals surface area contributed by atoms with E-state index < -0.39 is 10.0 Å². The summed E-state index contributed by atoms with van der Waals surface area (Å²) < 4.78 is 26.3. The Morgan fingerprint density at radius 3 is 2.44 bits per heavy atom. The third-order valence-corrected chi connectivity index (χ3v) is 7.63. The first kappa shape index (κ1) is 22.3. The number of carbonyl (C=O) groups excluding carboxylic acids is 1. The molecular weight excluding hydrogens is 388 g/mol. The third-order valence-electron chi connectivity index (χ3n) is 4.81. The molecule has 0 aliphatic carbocycles. The Kier molecular flexibility index (Phi) is 9.13. The number of hydrogen-bond donors (Lipinski definition) is 3. The van der Waals surface area contributed by atoms with Crippen LogP contribution in [0.25, 0.3) is 0 Å². The van der Waals surface area contributed by atoms with Gasteiger partial charge in [0, 0.05) is 64.4 Å². The van der Waals surface area contributed by atoms with Crippen LogP contribution in [0.3, 0.4) is 0 Å². The highest BCUT2D eigenvalue weighted by Gasteiger charge is 2.24. The maximum Gasteiger partial charge on any atom is 0.233 e. The number of guanidine groups is 1. The van der Waals surface area contributed by atoms with Gasteiger partial charge in [0.25, 0.3) is 0 Å². The molecule has 2 fully saturated rings. The summed E-state index contributed by atoms with van der Waals surface area (Å²) in [5.74, 6) is 2.47. The molecule has 27 heavy (non-hydrogen) atoms. The first-order chi connectivity index (χ1) is 12.9. The number of sulfonamides is 1. The summed E-state index contributed by atoms with van der Waals surface area (Å²) in [5.41, 5.74) is 0. The van der Waals surface area contributed by atoms with Gasteiger partial charge in [0.15, 0.2) is 5.96 Å². The summed E-state index contributed by atoms with van der Waals surface area (Å²) in [6.07, 6.45) is 1.84. The Bertz CT molecular complexity index is 599. The molecule has 2 rings (SSSR count). The van der Waals surface area contributed by atoms with Crippen LogP contribution in [0.15, 0.2) is 4.99 Å². The zero-order chi connectivity index (χ0) is 19.7. The second kappa shape index (κ2) is 11.1. The van der Waals surface area contributed by atoms with Crippen LogP contribution in [0, 0.1) is 0 Å². The highest BCUT2D eigenvalue weighted by Crippen LogP contribution is 2.13. The van der Waals surface area contributed by atoms with E-state index in [1.807, 2.05) is 0 Å². The molecule has 2 aliphatic heterocycles. The van der Waals surface area contributed by atoms with E-state index in [-0.39, 0.29) is 17.7 Å². The number of nitrogens with one attached hydrogen (secondary N) is 3. The number of likely N-dealkylation sites (tertiary alicyclic amines) is 1. The first-order valence-electron chi connectivity index (χ1n) is 9.40. The monoisotopic (exact) mass is 420 g/mol. The van der Waals surface area contributed by atoms with Crippen molar-refractivity contribution >= 4 is 33.7 Å². The molecule has 0 aromatic heterocycles. The predicted molar refractivity (Wildman–Crippen MR) is 111 cm³/mol. The van der Waals surface area contributed by atoms with Crippen molar-refractivity contribution in [3.05, 3.63) is 0 Å². The minimum atomic E-state index is -3.21. The van der Waals surface area contributed by atoms with Crippen LogP contribution in [0.5, 0.6) is 0 Å². The topological polar surface area (TPSA) is 106 Å². The summed E-state index contributed by atoms with van der Waals surface area (Å²) in [7, 11) is 0.125. The molecule has 156 valence electrons. The minimum absolute atomic E-state index is 0.0346. The average Bonchev–Trinajstić information content (AvgIpc) is 2.69. The number of likely N-dealkylation sites (N-methyl/N-ethyl adjacent to an activating group) is 1. The Morgan fingerprint density at radius 1 is 1.19 bits per heavy atom. The van der Waals surface area contributed by atoms with Crippen molar-refractivity contribution in [3.8, 4) is 0 Å². The fourth-order valence-electron chi connectivity index (χ4n) is 3.16. The van der Waals surface area contributed by atoms with Crippen LogP contribution in [-0.2, 0) is 14.8 Å². The second-order valence-corrected chi connectivity index (χ2v) is 10.0. The van der Waals surface area contributed by atoms with Gasteiger partial charge in [-0.3, -0.25) is 14.7 Å². The number of rotatable bonds is 7. The molecule has 0 bridgehead atoms. The third kappa shape index (κ3) is 7.47. The Morgan fingerprint density at radius 2 is 1.85 bits per heavy atom. The number of hydrogen-bond acceptors (Lipinski definition) is 6.